The molecule has 0 N–H and O–H groups in total. The molecule has 0 aromatic heterocycles. The Morgan fingerprint density at radius 3 is 1.57 bits per heavy atom. The fraction of sp³-hybridized carbons (Fsp3) is 0.111. The van der Waals surface area contributed by atoms with Crippen LogP contribution in [0.5, 0.6) is 0 Å². The summed E-state index contributed by atoms with van der Waals surface area (Å²) in [7, 11) is 0. The van der Waals surface area contributed by atoms with Gasteiger partial charge in [-0.15, -0.1) is 0 Å². The van der Waals surface area contributed by atoms with Crippen molar-refractivity contribution >= 4 is 68.6 Å². The smallest absolute Gasteiger partial charge is 0.252 e. The largest absolute Gasteiger partial charge is 0.334 e. The highest BCUT2D eigenvalue weighted by Crippen LogP contribution is 2.65. The van der Waals surface area contributed by atoms with Crippen molar-refractivity contribution in [1.82, 2.24) is 0 Å². The molecule has 0 bridgehead atoms. The normalized spacial score (nSPS) is 19.4. The number of nitrogens with zero attached hydrogens (tertiary/aromatic N) is 3. The third-order valence-electron chi connectivity index (χ3n) is 14.1. The second kappa shape index (κ2) is 12.4. The maximum Gasteiger partial charge on any atom is 0.252 e. The fourth-order valence-electron chi connectivity index (χ4n) is 10.9. The highest BCUT2D eigenvalue weighted by molar-refractivity contribution is 7.00. The van der Waals surface area contributed by atoms with Gasteiger partial charge in [-0.2, -0.15) is 0 Å². The Labute approximate surface area is 341 Å². The number of hydrogen-bond donors (Lipinski definition) is 0. The van der Waals surface area contributed by atoms with E-state index in [4.69, 9.17) is 0 Å². The van der Waals surface area contributed by atoms with Crippen molar-refractivity contribution in [2.75, 3.05) is 14.7 Å². The van der Waals surface area contributed by atoms with Gasteiger partial charge in [-0.1, -0.05) is 146 Å². The number of rotatable bonds is 5. The van der Waals surface area contributed by atoms with Gasteiger partial charge in [0.15, 0.2) is 0 Å². The van der Waals surface area contributed by atoms with Crippen LogP contribution in [0.3, 0.4) is 0 Å². The van der Waals surface area contributed by atoms with Crippen molar-refractivity contribution < 1.29 is 0 Å². The van der Waals surface area contributed by atoms with E-state index in [9.17, 15) is 0 Å². The minimum Gasteiger partial charge on any atom is -0.334 e. The van der Waals surface area contributed by atoms with Crippen molar-refractivity contribution in [2.45, 2.75) is 37.6 Å². The third-order valence-corrected chi connectivity index (χ3v) is 14.1. The average molecular weight is 744 g/mol. The van der Waals surface area contributed by atoms with Crippen LogP contribution < -0.4 is 31.1 Å². The first kappa shape index (κ1) is 33.4. The molecule has 2 unspecified atom stereocenters. The molecule has 8 aromatic rings. The molecule has 58 heavy (non-hydrogen) atoms. The van der Waals surface area contributed by atoms with Gasteiger partial charge in [0.2, 0.25) is 0 Å². The van der Waals surface area contributed by atoms with E-state index in [1.165, 1.54) is 84.8 Å². The van der Waals surface area contributed by atoms with Crippen LogP contribution in [-0.2, 0) is 5.41 Å². The van der Waals surface area contributed by atoms with Crippen LogP contribution in [0.15, 0.2) is 194 Å². The van der Waals surface area contributed by atoms with Crippen LogP contribution in [0.2, 0.25) is 0 Å². The first-order valence-corrected chi connectivity index (χ1v) is 20.7. The van der Waals surface area contributed by atoms with E-state index < -0.39 is 0 Å². The van der Waals surface area contributed by atoms with Gasteiger partial charge in [-0.25, -0.2) is 0 Å². The van der Waals surface area contributed by atoms with Crippen molar-refractivity contribution in [2.24, 2.45) is 0 Å². The van der Waals surface area contributed by atoms with E-state index in [0.29, 0.717) is 0 Å². The maximum absolute atomic E-state index is 2.70. The number of para-hydroxylation sites is 3. The lowest BCUT2D eigenvalue weighted by Crippen LogP contribution is -2.62. The van der Waals surface area contributed by atoms with Crippen LogP contribution in [0.1, 0.15) is 32.3 Å². The van der Waals surface area contributed by atoms with Gasteiger partial charge < -0.3 is 14.7 Å². The van der Waals surface area contributed by atoms with Crippen molar-refractivity contribution in [3.05, 3.63) is 200 Å². The number of anilines is 8. The molecule has 3 nitrogen and oxygen atoms in total. The monoisotopic (exact) mass is 743 g/mol. The predicted molar refractivity (Wildman–Crippen MR) is 245 cm³/mol. The predicted octanol–water partition coefficient (Wildman–Crippen LogP) is 12.1. The molecule has 2 atom stereocenters. The van der Waals surface area contributed by atoms with Gasteiger partial charge >= 0.3 is 0 Å². The summed E-state index contributed by atoms with van der Waals surface area (Å²) in [5.74, 6) is 0. The first-order valence-electron chi connectivity index (χ1n) is 20.7. The van der Waals surface area contributed by atoms with Gasteiger partial charge in [0.1, 0.15) is 0 Å². The standard InChI is InChI=1S/C54H42BN3/c1-53-32-33-54(53,2)58(47-24-14-12-22-44(47)53)43-35-50-52-51(36-43)57(42-29-26-39(27-30-42)37-16-6-3-7-17-37)49-31-28-40(38-18-8-4-9-19-38)34-46(49)55(52)45-23-13-15-25-48(45)56(50)41-20-10-5-11-21-41/h3-31,34-36H,32-33H2,1-2H3. The summed E-state index contributed by atoms with van der Waals surface area (Å²) >= 11 is 0. The highest BCUT2D eigenvalue weighted by atomic mass is 15.3. The van der Waals surface area contributed by atoms with E-state index in [0.717, 1.165) is 17.8 Å². The summed E-state index contributed by atoms with van der Waals surface area (Å²) in [6.45, 7) is 5.01. The molecule has 276 valence electrons. The van der Waals surface area contributed by atoms with Gasteiger partial charge in [-0.3, -0.25) is 0 Å². The second-order valence-electron chi connectivity index (χ2n) is 16.9. The lowest BCUT2D eigenvalue weighted by molar-refractivity contribution is 0.133. The zero-order valence-corrected chi connectivity index (χ0v) is 32.8. The Kier molecular flexibility index (Phi) is 7.11. The minimum absolute atomic E-state index is 0.0316. The second-order valence-corrected chi connectivity index (χ2v) is 16.9. The van der Waals surface area contributed by atoms with E-state index in [1.807, 2.05) is 0 Å². The SMILES string of the molecule is CC12CCC1(C)N(c1cc3c4c(c1)N(c1ccc(-c5ccccc5)cc1)c1ccc(-c5ccccc5)cc1B4c1ccccc1N3c1ccccc1)c1ccccc12. The maximum atomic E-state index is 2.70. The Morgan fingerprint density at radius 1 is 0.397 bits per heavy atom. The molecular formula is C54H42BN3. The Bertz CT molecular complexity index is 2890. The molecule has 0 radical (unpaired) electrons. The lowest BCUT2D eigenvalue weighted by atomic mass is 9.33. The number of benzene rings is 8. The van der Waals surface area contributed by atoms with Crippen LogP contribution in [0, 0.1) is 0 Å². The molecule has 1 aliphatic carbocycles. The van der Waals surface area contributed by atoms with Gasteiger partial charge in [0, 0.05) is 50.9 Å². The van der Waals surface area contributed by atoms with Crippen molar-refractivity contribution in [1.29, 1.82) is 0 Å². The average Bonchev–Trinajstić information content (AvgIpc) is 3.41. The summed E-state index contributed by atoms with van der Waals surface area (Å²) in [6.07, 6.45) is 2.34. The number of hydrogen-bond acceptors (Lipinski definition) is 3. The zero-order chi connectivity index (χ0) is 38.6. The molecule has 0 saturated heterocycles. The fourth-order valence-corrected chi connectivity index (χ4v) is 10.9. The molecule has 8 aromatic carbocycles. The van der Waals surface area contributed by atoms with E-state index in [2.05, 4.69) is 223 Å². The minimum atomic E-state index is -0.0412. The van der Waals surface area contributed by atoms with Crippen LogP contribution in [-0.4, -0.2) is 12.3 Å². The molecule has 0 spiro atoms. The lowest BCUT2D eigenvalue weighted by Gasteiger charge is -2.56. The highest BCUT2D eigenvalue weighted by Gasteiger charge is 2.63. The molecule has 0 amide bonds. The molecule has 4 aliphatic rings. The molecule has 1 saturated carbocycles. The van der Waals surface area contributed by atoms with Crippen LogP contribution in [0.4, 0.5) is 45.5 Å². The van der Waals surface area contributed by atoms with Crippen molar-refractivity contribution in [3.8, 4) is 22.3 Å². The Balaban J connectivity index is 1.17. The summed E-state index contributed by atoms with van der Waals surface area (Å²) in [6, 6.07) is 72.2. The first-order chi connectivity index (χ1) is 28.5. The van der Waals surface area contributed by atoms with E-state index in [-0.39, 0.29) is 17.7 Å². The quantitative estimate of drug-likeness (QED) is 0.163. The Morgan fingerprint density at radius 2 is 0.914 bits per heavy atom. The van der Waals surface area contributed by atoms with Crippen LogP contribution in [0.25, 0.3) is 22.3 Å². The van der Waals surface area contributed by atoms with Crippen LogP contribution >= 0.6 is 0 Å². The van der Waals surface area contributed by atoms with Gasteiger partial charge in [-0.05, 0) is 119 Å². The molecule has 4 heteroatoms. The zero-order valence-electron chi connectivity index (χ0n) is 32.8. The molecule has 3 heterocycles. The third kappa shape index (κ3) is 4.57. The Hall–Kier alpha value is -6.78. The summed E-state index contributed by atoms with van der Waals surface area (Å²) in [4.78, 5) is 7.78. The number of fused-ring (bicyclic) bond motifs is 7. The summed E-state index contributed by atoms with van der Waals surface area (Å²) < 4.78 is 0. The molecule has 1 fully saturated rings. The van der Waals surface area contributed by atoms with Crippen molar-refractivity contribution in [3.63, 3.8) is 0 Å². The molecule has 3 aliphatic heterocycles. The summed E-state index contributed by atoms with van der Waals surface area (Å²) in [5, 5.41) is 0. The summed E-state index contributed by atoms with van der Waals surface area (Å²) in [5.41, 5.74) is 20.2. The molecular weight excluding hydrogens is 701 g/mol. The topological polar surface area (TPSA) is 9.72 Å². The van der Waals surface area contributed by atoms with E-state index in [1.54, 1.807) is 0 Å². The van der Waals surface area contributed by atoms with E-state index >= 15 is 0 Å². The van der Waals surface area contributed by atoms with Gasteiger partial charge in [0.05, 0.1) is 5.54 Å². The van der Waals surface area contributed by atoms with Gasteiger partial charge in [0.25, 0.3) is 6.71 Å². The molecule has 12 rings (SSSR count).